The van der Waals surface area contributed by atoms with Gasteiger partial charge in [-0.2, -0.15) is 0 Å². The summed E-state index contributed by atoms with van der Waals surface area (Å²) in [7, 11) is 0. The predicted molar refractivity (Wildman–Crippen MR) is 73.0 cm³/mol. The number of carbonyl (C=O) groups excluding carboxylic acids is 1. The average molecular weight is 264 g/mol. The number of aliphatic carboxylic acids is 1. The van der Waals surface area contributed by atoms with Crippen LogP contribution in [0.5, 0.6) is 0 Å². The Labute approximate surface area is 113 Å². The molecule has 5 heteroatoms. The highest BCUT2D eigenvalue weighted by atomic mass is 16.4. The molecule has 0 unspecified atom stereocenters. The van der Waals surface area contributed by atoms with Crippen molar-refractivity contribution in [3.05, 3.63) is 35.9 Å². The molecule has 1 rings (SSSR count). The van der Waals surface area contributed by atoms with Crippen molar-refractivity contribution in [3.8, 4) is 0 Å². The van der Waals surface area contributed by atoms with Crippen molar-refractivity contribution >= 4 is 12.0 Å². The van der Waals surface area contributed by atoms with Crippen molar-refractivity contribution in [1.29, 1.82) is 0 Å². The fourth-order valence-corrected chi connectivity index (χ4v) is 1.62. The molecule has 0 bridgehead atoms. The lowest BCUT2D eigenvalue weighted by atomic mass is 10.1. The summed E-state index contributed by atoms with van der Waals surface area (Å²) in [5, 5.41) is 13.8. The smallest absolute Gasteiger partial charge is 0.325 e. The number of urea groups is 1. The van der Waals surface area contributed by atoms with E-state index in [4.69, 9.17) is 5.11 Å². The van der Waals surface area contributed by atoms with Crippen molar-refractivity contribution in [2.75, 3.05) is 0 Å². The molecule has 0 saturated carbocycles. The Hall–Kier alpha value is -2.04. The molecule has 104 valence electrons. The topological polar surface area (TPSA) is 78.4 Å². The van der Waals surface area contributed by atoms with Gasteiger partial charge in [0.05, 0.1) is 0 Å². The standard InChI is InChI=1S/C14H20N2O3/c1-10(8-9-12-6-4-3-5-7-12)15-14(19)16-11(2)13(17)18/h3-7,10-11H,8-9H2,1-2H3,(H,17,18)(H2,15,16,19)/t10-,11+/m1/s1. The molecular formula is C14H20N2O3. The fourth-order valence-electron chi connectivity index (χ4n) is 1.62. The second kappa shape index (κ2) is 7.41. The molecule has 0 heterocycles. The first-order chi connectivity index (χ1) is 8.99. The minimum atomic E-state index is -1.05. The zero-order valence-electron chi connectivity index (χ0n) is 11.2. The number of amides is 2. The van der Waals surface area contributed by atoms with E-state index in [9.17, 15) is 9.59 Å². The van der Waals surface area contributed by atoms with E-state index in [0.29, 0.717) is 0 Å². The van der Waals surface area contributed by atoms with Crippen molar-refractivity contribution in [2.24, 2.45) is 0 Å². The van der Waals surface area contributed by atoms with E-state index in [1.165, 1.54) is 12.5 Å². The Bertz CT molecular complexity index is 420. The fraction of sp³-hybridized carbons (Fsp3) is 0.429. The third kappa shape index (κ3) is 5.90. The van der Waals surface area contributed by atoms with E-state index in [1.54, 1.807) is 0 Å². The maximum absolute atomic E-state index is 11.5. The van der Waals surface area contributed by atoms with Crippen LogP contribution in [-0.2, 0) is 11.2 Å². The van der Waals surface area contributed by atoms with Gasteiger partial charge in [0.1, 0.15) is 6.04 Å². The van der Waals surface area contributed by atoms with Crippen LogP contribution < -0.4 is 10.6 Å². The Morgan fingerprint density at radius 2 is 1.79 bits per heavy atom. The van der Waals surface area contributed by atoms with Gasteiger partial charge in [0, 0.05) is 6.04 Å². The summed E-state index contributed by atoms with van der Waals surface area (Å²) in [6.07, 6.45) is 1.68. The molecule has 2 amide bonds. The lowest BCUT2D eigenvalue weighted by Crippen LogP contribution is -2.47. The van der Waals surface area contributed by atoms with Crippen LogP contribution in [-0.4, -0.2) is 29.2 Å². The second-order valence-electron chi connectivity index (χ2n) is 4.60. The Kier molecular flexibility index (Phi) is 5.85. The molecule has 0 fully saturated rings. The summed E-state index contributed by atoms with van der Waals surface area (Å²) < 4.78 is 0. The summed E-state index contributed by atoms with van der Waals surface area (Å²) in [6, 6.07) is 8.66. The molecule has 19 heavy (non-hydrogen) atoms. The normalized spacial score (nSPS) is 13.4. The zero-order chi connectivity index (χ0) is 14.3. The van der Waals surface area contributed by atoms with Crippen LogP contribution in [0.3, 0.4) is 0 Å². The van der Waals surface area contributed by atoms with Crippen molar-refractivity contribution < 1.29 is 14.7 Å². The molecule has 1 aromatic carbocycles. The summed E-state index contributed by atoms with van der Waals surface area (Å²) in [5.74, 6) is -1.05. The first-order valence-corrected chi connectivity index (χ1v) is 6.33. The minimum absolute atomic E-state index is 0.0128. The van der Waals surface area contributed by atoms with Gasteiger partial charge in [0.15, 0.2) is 0 Å². The van der Waals surface area contributed by atoms with Crippen molar-refractivity contribution in [1.82, 2.24) is 10.6 Å². The summed E-state index contributed by atoms with van der Waals surface area (Å²) in [5.41, 5.74) is 1.22. The number of rotatable bonds is 6. The van der Waals surface area contributed by atoms with Gasteiger partial charge in [-0.25, -0.2) is 4.79 Å². The van der Waals surface area contributed by atoms with E-state index < -0.39 is 18.0 Å². The Morgan fingerprint density at radius 1 is 1.16 bits per heavy atom. The molecular weight excluding hydrogens is 244 g/mol. The average Bonchev–Trinajstić information content (AvgIpc) is 2.37. The lowest BCUT2D eigenvalue weighted by molar-refractivity contribution is -0.138. The number of benzene rings is 1. The molecule has 0 aliphatic carbocycles. The van der Waals surface area contributed by atoms with Crippen molar-refractivity contribution in [2.45, 2.75) is 38.8 Å². The number of carboxylic acids is 1. The first-order valence-electron chi connectivity index (χ1n) is 6.33. The maximum atomic E-state index is 11.5. The summed E-state index contributed by atoms with van der Waals surface area (Å²) in [6.45, 7) is 3.32. The predicted octanol–water partition coefficient (Wildman–Crippen LogP) is 1.78. The largest absolute Gasteiger partial charge is 0.480 e. The van der Waals surface area contributed by atoms with Crippen molar-refractivity contribution in [3.63, 3.8) is 0 Å². The number of hydrogen-bond donors (Lipinski definition) is 3. The van der Waals surface area contributed by atoms with Crippen LogP contribution in [0.15, 0.2) is 30.3 Å². The first kappa shape index (κ1) is 15.0. The van der Waals surface area contributed by atoms with Crippen LogP contribution >= 0.6 is 0 Å². The number of carboxylic acid groups (broad SMARTS) is 1. The van der Waals surface area contributed by atoms with Crippen LogP contribution in [0.25, 0.3) is 0 Å². The highest BCUT2D eigenvalue weighted by molar-refractivity contribution is 5.82. The monoisotopic (exact) mass is 264 g/mol. The van der Waals surface area contributed by atoms with E-state index in [1.807, 2.05) is 37.3 Å². The second-order valence-corrected chi connectivity index (χ2v) is 4.60. The molecule has 3 N–H and O–H groups in total. The van der Waals surface area contributed by atoms with E-state index in [-0.39, 0.29) is 6.04 Å². The highest BCUT2D eigenvalue weighted by Crippen LogP contribution is 2.04. The van der Waals surface area contributed by atoms with E-state index >= 15 is 0 Å². The molecule has 2 atom stereocenters. The van der Waals surface area contributed by atoms with Crippen LogP contribution in [0.1, 0.15) is 25.8 Å². The maximum Gasteiger partial charge on any atom is 0.325 e. The summed E-state index contributed by atoms with van der Waals surface area (Å²) >= 11 is 0. The molecule has 1 aromatic rings. The van der Waals surface area contributed by atoms with Gasteiger partial charge in [-0.15, -0.1) is 0 Å². The van der Waals surface area contributed by atoms with E-state index in [0.717, 1.165) is 12.8 Å². The van der Waals surface area contributed by atoms with E-state index in [2.05, 4.69) is 10.6 Å². The molecule has 5 nitrogen and oxygen atoms in total. The third-order valence-electron chi connectivity index (χ3n) is 2.80. The lowest BCUT2D eigenvalue weighted by Gasteiger charge is -2.16. The molecule has 0 aromatic heterocycles. The minimum Gasteiger partial charge on any atom is -0.480 e. The van der Waals surface area contributed by atoms with Gasteiger partial charge in [0.25, 0.3) is 0 Å². The molecule has 0 radical (unpaired) electrons. The van der Waals surface area contributed by atoms with Crippen LogP contribution in [0, 0.1) is 0 Å². The Balaban J connectivity index is 2.29. The summed E-state index contributed by atoms with van der Waals surface area (Å²) in [4.78, 5) is 22.1. The quantitative estimate of drug-likeness (QED) is 0.733. The highest BCUT2D eigenvalue weighted by Gasteiger charge is 2.14. The van der Waals surface area contributed by atoms with Crippen LogP contribution in [0.4, 0.5) is 4.79 Å². The number of hydrogen-bond acceptors (Lipinski definition) is 2. The van der Waals surface area contributed by atoms with Gasteiger partial charge in [0.2, 0.25) is 0 Å². The molecule has 0 saturated heterocycles. The SMILES string of the molecule is C[C@H](CCc1ccccc1)NC(=O)N[C@@H](C)C(=O)O. The molecule has 0 aliphatic heterocycles. The third-order valence-corrected chi connectivity index (χ3v) is 2.80. The van der Waals surface area contributed by atoms with Crippen LogP contribution in [0.2, 0.25) is 0 Å². The molecule has 0 spiro atoms. The van der Waals surface area contributed by atoms with Gasteiger partial charge in [-0.05, 0) is 32.3 Å². The van der Waals surface area contributed by atoms with Gasteiger partial charge in [-0.1, -0.05) is 30.3 Å². The number of carbonyl (C=O) groups is 2. The van der Waals surface area contributed by atoms with Gasteiger partial charge >= 0.3 is 12.0 Å². The molecule has 0 aliphatic rings. The van der Waals surface area contributed by atoms with Gasteiger partial charge < -0.3 is 15.7 Å². The number of aryl methyl sites for hydroxylation is 1. The number of nitrogens with one attached hydrogen (secondary N) is 2. The zero-order valence-corrected chi connectivity index (χ0v) is 11.2. The van der Waals surface area contributed by atoms with Gasteiger partial charge in [-0.3, -0.25) is 4.79 Å². The Morgan fingerprint density at radius 3 is 2.37 bits per heavy atom.